The van der Waals surface area contributed by atoms with Gasteiger partial charge in [-0.2, -0.15) is 0 Å². The summed E-state index contributed by atoms with van der Waals surface area (Å²) in [4.78, 5) is 16.8. The van der Waals surface area contributed by atoms with Gasteiger partial charge in [-0.25, -0.2) is 0 Å². The molecule has 1 unspecified atom stereocenters. The number of hydrogen-bond acceptors (Lipinski definition) is 3. The van der Waals surface area contributed by atoms with Crippen molar-refractivity contribution < 1.29 is 4.79 Å². The van der Waals surface area contributed by atoms with Crippen molar-refractivity contribution in [1.82, 2.24) is 9.80 Å². The van der Waals surface area contributed by atoms with Gasteiger partial charge in [0, 0.05) is 31.6 Å². The molecule has 0 saturated heterocycles. The summed E-state index contributed by atoms with van der Waals surface area (Å²) in [5.41, 5.74) is 6.11. The van der Waals surface area contributed by atoms with Gasteiger partial charge in [-0.15, -0.1) is 0 Å². The van der Waals surface area contributed by atoms with E-state index in [9.17, 15) is 4.79 Å². The summed E-state index contributed by atoms with van der Waals surface area (Å²) >= 11 is 0. The summed E-state index contributed by atoms with van der Waals surface area (Å²) in [6.45, 7) is 1.80. The van der Waals surface area contributed by atoms with Gasteiger partial charge in [-0.3, -0.25) is 4.79 Å². The minimum atomic E-state index is 0.0933. The fourth-order valence-corrected chi connectivity index (χ4v) is 3.04. The fraction of sp³-hybridized carbons (Fsp3) is 0.933. The second kappa shape index (κ2) is 6.71. The maximum absolute atomic E-state index is 12.5. The van der Waals surface area contributed by atoms with Crippen LogP contribution in [0.15, 0.2) is 0 Å². The highest BCUT2D eigenvalue weighted by atomic mass is 16.2. The van der Waals surface area contributed by atoms with Crippen molar-refractivity contribution >= 4 is 5.91 Å². The van der Waals surface area contributed by atoms with Crippen molar-refractivity contribution in [2.75, 3.05) is 27.2 Å². The van der Waals surface area contributed by atoms with Crippen molar-refractivity contribution in [3.8, 4) is 0 Å². The van der Waals surface area contributed by atoms with Crippen LogP contribution in [-0.2, 0) is 4.79 Å². The van der Waals surface area contributed by atoms with Crippen molar-refractivity contribution in [3.63, 3.8) is 0 Å². The van der Waals surface area contributed by atoms with Crippen LogP contribution in [0, 0.1) is 5.92 Å². The number of carbonyl (C=O) groups is 1. The number of nitrogens with zero attached hydrogens (tertiary/aromatic N) is 2. The molecule has 2 fully saturated rings. The molecule has 0 aromatic carbocycles. The summed E-state index contributed by atoms with van der Waals surface area (Å²) < 4.78 is 0. The first-order valence-corrected chi connectivity index (χ1v) is 7.77. The number of likely N-dealkylation sites (N-methyl/N-ethyl adjacent to an activating group) is 1. The third kappa shape index (κ3) is 4.46. The Bertz CT molecular complexity index is 296. The Hall–Kier alpha value is -0.610. The topological polar surface area (TPSA) is 49.6 Å². The third-order valence-electron chi connectivity index (χ3n) is 4.51. The standard InChI is InChI=1S/C15H29N3O/c1-17(2)9-10-18(13-5-3-4-6-13)15(19)11-14(16)12-7-8-12/h12-14H,3-11,16H2,1-2H3. The highest BCUT2D eigenvalue weighted by molar-refractivity contribution is 5.77. The quantitative estimate of drug-likeness (QED) is 0.759. The summed E-state index contributed by atoms with van der Waals surface area (Å²) in [5, 5.41) is 0. The molecule has 1 amide bonds. The highest BCUT2D eigenvalue weighted by Crippen LogP contribution is 2.33. The van der Waals surface area contributed by atoms with Crippen LogP contribution < -0.4 is 5.73 Å². The molecule has 0 radical (unpaired) electrons. The van der Waals surface area contributed by atoms with E-state index >= 15 is 0 Å². The molecule has 1 atom stereocenters. The Kier molecular flexibility index (Phi) is 5.22. The molecule has 0 bridgehead atoms. The Morgan fingerprint density at radius 3 is 2.32 bits per heavy atom. The van der Waals surface area contributed by atoms with Gasteiger partial charge >= 0.3 is 0 Å². The van der Waals surface area contributed by atoms with Crippen LogP contribution in [0.2, 0.25) is 0 Å². The van der Waals surface area contributed by atoms with E-state index in [1.54, 1.807) is 0 Å². The van der Waals surface area contributed by atoms with Gasteiger partial charge in [-0.05, 0) is 45.7 Å². The molecule has 0 heterocycles. The molecule has 0 aromatic heterocycles. The molecule has 2 rings (SSSR count). The molecular formula is C15H29N3O. The maximum atomic E-state index is 12.5. The van der Waals surface area contributed by atoms with Gasteiger partial charge in [0.1, 0.15) is 0 Å². The minimum Gasteiger partial charge on any atom is -0.338 e. The highest BCUT2D eigenvalue weighted by Gasteiger charge is 2.33. The number of rotatable bonds is 7. The molecule has 110 valence electrons. The summed E-state index contributed by atoms with van der Waals surface area (Å²) in [6.07, 6.45) is 7.88. The van der Waals surface area contributed by atoms with E-state index in [1.165, 1.54) is 38.5 Å². The summed E-state index contributed by atoms with van der Waals surface area (Å²) in [5.74, 6) is 0.899. The molecule has 0 aromatic rings. The second-order valence-electron chi connectivity index (χ2n) is 6.53. The SMILES string of the molecule is CN(C)CCN(C(=O)CC(N)C1CC1)C1CCCC1. The molecular weight excluding hydrogens is 238 g/mol. The van der Waals surface area contributed by atoms with Crippen molar-refractivity contribution in [1.29, 1.82) is 0 Å². The van der Waals surface area contributed by atoms with Crippen molar-refractivity contribution in [2.45, 2.75) is 57.0 Å². The molecule has 4 heteroatoms. The smallest absolute Gasteiger partial charge is 0.224 e. The van der Waals surface area contributed by atoms with Gasteiger partial charge in [-0.1, -0.05) is 12.8 Å². The maximum Gasteiger partial charge on any atom is 0.224 e. The van der Waals surface area contributed by atoms with Gasteiger partial charge in [0.15, 0.2) is 0 Å². The van der Waals surface area contributed by atoms with Crippen LogP contribution in [-0.4, -0.2) is 55.0 Å². The Balaban J connectivity index is 1.88. The van der Waals surface area contributed by atoms with E-state index < -0.39 is 0 Å². The number of carbonyl (C=O) groups excluding carboxylic acids is 1. The van der Waals surface area contributed by atoms with Crippen molar-refractivity contribution in [2.24, 2.45) is 11.7 Å². The first-order chi connectivity index (χ1) is 9.08. The Labute approximate surface area is 117 Å². The number of nitrogens with two attached hydrogens (primary N) is 1. The van der Waals surface area contributed by atoms with E-state index in [1.807, 2.05) is 0 Å². The molecule has 2 N–H and O–H groups in total. The Morgan fingerprint density at radius 1 is 1.16 bits per heavy atom. The average Bonchev–Trinajstić information content (AvgIpc) is 3.07. The second-order valence-corrected chi connectivity index (χ2v) is 6.53. The van der Waals surface area contributed by atoms with Crippen molar-refractivity contribution in [3.05, 3.63) is 0 Å². The van der Waals surface area contributed by atoms with E-state index in [0.717, 1.165) is 13.1 Å². The van der Waals surface area contributed by atoms with Crippen LogP contribution in [0.25, 0.3) is 0 Å². The van der Waals surface area contributed by atoms with Gasteiger partial charge < -0.3 is 15.5 Å². The Morgan fingerprint density at radius 2 is 1.79 bits per heavy atom. The predicted molar refractivity (Wildman–Crippen MR) is 77.8 cm³/mol. The van der Waals surface area contributed by atoms with Crippen LogP contribution in [0.3, 0.4) is 0 Å². The zero-order chi connectivity index (χ0) is 13.8. The monoisotopic (exact) mass is 267 g/mol. The number of amides is 1. The lowest BCUT2D eigenvalue weighted by Crippen LogP contribution is -2.45. The van der Waals surface area contributed by atoms with E-state index in [4.69, 9.17) is 5.73 Å². The number of hydrogen-bond donors (Lipinski definition) is 1. The fourth-order valence-electron chi connectivity index (χ4n) is 3.04. The van der Waals surface area contributed by atoms with E-state index in [0.29, 0.717) is 18.4 Å². The van der Waals surface area contributed by atoms with Gasteiger partial charge in [0.05, 0.1) is 0 Å². The van der Waals surface area contributed by atoms with Gasteiger partial charge in [0.25, 0.3) is 0 Å². The average molecular weight is 267 g/mol. The van der Waals surface area contributed by atoms with E-state index in [-0.39, 0.29) is 11.9 Å². The lowest BCUT2D eigenvalue weighted by atomic mass is 10.1. The van der Waals surface area contributed by atoms with E-state index in [2.05, 4.69) is 23.9 Å². The molecule has 2 aliphatic rings. The molecule has 19 heavy (non-hydrogen) atoms. The minimum absolute atomic E-state index is 0.0933. The predicted octanol–water partition coefficient (Wildman–Crippen LogP) is 1.45. The normalized spacial score (nSPS) is 21.9. The lowest BCUT2D eigenvalue weighted by Gasteiger charge is -2.31. The zero-order valence-corrected chi connectivity index (χ0v) is 12.5. The molecule has 4 nitrogen and oxygen atoms in total. The third-order valence-corrected chi connectivity index (χ3v) is 4.51. The lowest BCUT2D eigenvalue weighted by molar-refractivity contribution is -0.134. The van der Waals surface area contributed by atoms with Gasteiger partial charge in [0.2, 0.25) is 5.91 Å². The summed E-state index contributed by atoms with van der Waals surface area (Å²) in [7, 11) is 4.13. The molecule has 0 spiro atoms. The molecule has 0 aliphatic heterocycles. The van der Waals surface area contributed by atoms with Crippen LogP contribution >= 0.6 is 0 Å². The summed E-state index contributed by atoms with van der Waals surface area (Å²) in [6, 6.07) is 0.564. The first-order valence-electron chi connectivity index (χ1n) is 7.77. The van der Waals surface area contributed by atoms with Crippen LogP contribution in [0.5, 0.6) is 0 Å². The molecule has 2 aliphatic carbocycles. The zero-order valence-electron chi connectivity index (χ0n) is 12.5. The van der Waals surface area contributed by atoms with Crippen LogP contribution in [0.4, 0.5) is 0 Å². The largest absolute Gasteiger partial charge is 0.338 e. The van der Waals surface area contributed by atoms with Crippen LogP contribution in [0.1, 0.15) is 44.9 Å². The first kappa shape index (κ1) is 14.8. The molecule has 2 saturated carbocycles.